The number of ether oxygens (including phenoxy) is 1. The first-order valence-corrected chi connectivity index (χ1v) is 4.69. The fraction of sp³-hybridized carbons (Fsp3) is 0.750. The largest absolute Gasteiger partial charge is 0.379 e. The van der Waals surface area contributed by atoms with Crippen molar-refractivity contribution in [3.05, 3.63) is 11.6 Å². The van der Waals surface area contributed by atoms with Gasteiger partial charge < -0.3 is 9.30 Å². The summed E-state index contributed by atoms with van der Waals surface area (Å²) >= 11 is 5.72. The maximum Gasteiger partial charge on any atom is 0.224 e. The maximum absolute atomic E-state index is 5.72. The van der Waals surface area contributed by atoms with Crippen LogP contribution in [0.5, 0.6) is 0 Å². The SMILES string of the molecule is CC(C)COCCn1cnnc1Cl. The zero-order chi connectivity index (χ0) is 9.68. The van der Waals surface area contributed by atoms with Crippen LogP contribution in [0.25, 0.3) is 0 Å². The Bertz CT molecular complexity index is 249. The minimum atomic E-state index is 0.410. The molecule has 0 aliphatic rings. The Morgan fingerprint density at radius 2 is 2.38 bits per heavy atom. The van der Waals surface area contributed by atoms with Crippen molar-refractivity contribution < 1.29 is 4.74 Å². The first-order chi connectivity index (χ1) is 6.20. The number of aromatic nitrogens is 3. The molecule has 0 N–H and O–H groups in total. The van der Waals surface area contributed by atoms with E-state index in [9.17, 15) is 0 Å². The van der Waals surface area contributed by atoms with Gasteiger partial charge in [0.15, 0.2) is 0 Å². The maximum atomic E-state index is 5.72. The van der Waals surface area contributed by atoms with Crippen LogP contribution in [0.3, 0.4) is 0 Å². The monoisotopic (exact) mass is 203 g/mol. The van der Waals surface area contributed by atoms with Crippen molar-refractivity contribution >= 4 is 11.6 Å². The van der Waals surface area contributed by atoms with Gasteiger partial charge in [-0.2, -0.15) is 0 Å². The molecule has 0 aliphatic carbocycles. The van der Waals surface area contributed by atoms with E-state index in [1.165, 1.54) is 0 Å². The Morgan fingerprint density at radius 3 is 2.92 bits per heavy atom. The molecule has 1 aromatic heterocycles. The van der Waals surface area contributed by atoms with Crippen molar-refractivity contribution in [2.75, 3.05) is 13.2 Å². The van der Waals surface area contributed by atoms with Gasteiger partial charge in [0.2, 0.25) is 5.28 Å². The van der Waals surface area contributed by atoms with Crippen molar-refractivity contribution in [3.8, 4) is 0 Å². The van der Waals surface area contributed by atoms with E-state index in [-0.39, 0.29) is 0 Å². The molecule has 1 heterocycles. The molecule has 0 aromatic carbocycles. The highest BCUT2D eigenvalue weighted by atomic mass is 35.5. The van der Waals surface area contributed by atoms with Gasteiger partial charge in [0, 0.05) is 13.2 Å². The van der Waals surface area contributed by atoms with Crippen molar-refractivity contribution in [3.63, 3.8) is 0 Å². The molecule has 0 aliphatic heterocycles. The van der Waals surface area contributed by atoms with Gasteiger partial charge in [-0.05, 0) is 17.5 Å². The third kappa shape index (κ3) is 3.74. The van der Waals surface area contributed by atoms with Gasteiger partial charge in [0.1, 0.15) is 6.33 Å². The van der Waals surface area contributed by atoms with E-state index in [2.05, 4.69) is 24.0 Å². The van der Waals surface area contributed by atoms with Crippen molar-refractivity contribution in [1.29, 1.82) is 0 Å². The third-order valence-electron chi connectivity index (χ3n) is 1.50. The van der Waals surface area contributed by atoms with Crippen LogP contribution in [0, 0.1) is 5.92 Å². The quantitative estimate of drug-likeness (QED) is 0.683. The zero-order valence-corrected chi connectivity index (χ0v) is 8.66. The molecule has 0 atom stereocenters. The minimum Gasteiger partial charge on any atom is -0.379 e. The molecule has 5 heteroatoms. The van der Waals surface area contributed by atoms with Crippen LogP contribution in [0.15, 0.2) is 6.33 Å². The topological polar surface area (TPSA) is 39.9 Å². The summed E-state index contributed by atoms with van der Waals surface area (Å²) in [5.74, 6) is 0.566. The standard InChI is InChI=1S/C8H14ClN3O/c1-7(2)5-13-4-3-12-6-10-11-8(12)9/h6-7H,3-5H2,1-2H3. The molecule has 0 amide bonds. The average molecular weight is 204 g/mol. The minimum absolute atomic E-state index is 0.410. The average Bonchev–Trinajstić information content (AvgIpc) is 2.45. The number of rotatable bonds is 5. The summed E-state index contributed by atoms with van der Waals surface area (Å²) in [6.07, 6.45) is 1.60. The van der Waals surface area contributed by atoms with Gasteiger partial charge in [-0.3, -0.25) is 0 Å². The van der Waals surface area contributed by atoms with E-state index < -0.39 is 0 Å². The second kappa shape index (κ2) is 5.19. The van der Waals surface area contributed by atoms with E-state index in [4.69, 9.17) is 16.3 Å². The lowest BCUT2D eigenvalue weighted by molar-refractivity contribution is 0.103. The molecule has 0 unspecified atom stereocenters. The Balaban J connectivity index is 2.17. The lowest BCUT2D eigenvalue weighted by Gasteiger charge is -2.06. The van der Waals surface area contributed by atoms with Gasteiger partial charge in [-0.15, -0.1) is 10.2 Å². The van der Waals surface area contributed by atoms with Gasteiger partial charge in [-0.1, -0.05) is 13.8 Å². The van der Waals surface area contributed by atoms with Crippen molar-refractivity contribution in [2.45, 2.75) is 20.4 Å². The van der Waals surface area contributed by atoms with E-state index >= 15 is 0 Å². The second-order valence-electron chi connectivity index (χ2n) is 3.26. The van der Waals surface area contributed by atoms with E-state index in [1.807, 2.05) is 0 Å². The summed E-state index contributed by atoms with van der Waals surface area (Å²) < 4.78 is 7.14. The molecule has 0 bridgehead atoms. The number of nitrogens with zero attached hydrogens (tertiary/aromatic N) is 3. The van der Waals surface area contributed by atoms with Crippen molar-refractivity contribution in [1.82, 2.24) is 14.8 Å². The smallest absolute Gasteiger partial charge is 0.224 e. The molecular weight excluding hydrogens is 190 g/mol. The summed E-state index contributed by atoms with van der Waals surface area (Å²) in [5, 5.41) is 7.72. The highest BCUT2D eigenvalue weighted by Gasteiger charge is 1.99. The predicted molar refractivity (Wildman–Crippen MR) is 50.7 cm³/mol. The van der Waals surface area contributed by atoms with Crippen LogP contribution in [-0.2, 0) is 11.3 Å². The molecule has 0 saturated heterocycles. The Hall–Kier alpha value is -0.610. The molecule has 0 spiro atoms. The third-order valence-corrected chi connectivity index (χ3v) is 1.79. The van der Waals surface area contributed by atoms with Gasteiger partial charge >= 0.3 is 0 Å². The fourth-order valence-corrected chi connectivity index (χ4v) is 1.04. The highest BCUT2D eigenvalue weighted by molar-refractivity contribution is 6.28. The summed E-state index contributed by atoms with van der Waals surface area (Å²) in [7, 11) is 0. The fourth-order valence-electron chi connectivity index (χ4n) is 0.873. The van der Waals surface area contributed by atoms with Crippen LogP contribution in [-0.4, -0.2) is 28.0 Å². The molecule has 1 aromatic rings. The van der Waals surface area contributed by atoms with Crippen molar-refractivity contribution in [2.24, 2.45) is 5.92 Å². The Morgan fingerprint density at radius 1 is 1.62 bits per heavy atom. The number of halogens is 1. The van der Waals surface area contributed by atoms with E-state index in [0.717, 1.165) is 6.61 Å². The summed E-state index contributed by atoms with van der Waals surface area (Å²) in [5.41, 5.74) is 0. The molecule has 0 saturated carbocycles. The number of hydrogen-bond donors (Lipinski definition) is 0. The molecule has 4 nitrogen and oxygen atoms in total. The lowest BCUT2D eigenvalue weighted by Crippen LogP contribution is -2.08. The Labute approximate surface area is 82.9 Å². The summed E-state index contributed by atoms with van der Waals surface area (Å²) in [4.78, 5) is 0. The highest BCUT2D eigenvalue weighted by Crippen LogP contribution is 2.02. The van der Waals surface area contributed by atoms with Gasteiger partial charge in [0.25, 0.3) is 0 Å². The predicted octanol–water partition coefficient (Wildman–Crippen LogP) is 1.60. The van der Waals surface area contributed by atoms with Crippen LogP contribution < -0.4 is 0 Å². The molecule has 74 valence electrons. The molecule has 0 radical (unpaired) electrons. The molecular formula is C8H14ClN3O. The van der Waals surface area contributed by atoms with E-state index in [0.29, 0.717) is 24.4 Å². The normalized spacial score (nSPS) is 11.1. The zero-order valence-electron chi connectivity index (χ0n) is 7.90. The summed E-state index contributed by atoms with van der Waals surface area (Å²) in [6.45, 7) is 6.37. The first-order valence-electron chi connectivity index (χ1n) is 4.31. The Kier molecular flexibility index (Phi) is 4.18. The lowest BCUT2D eigenvalue weighted by atomic mass is 10.2. The molecule has 0 fully saturated rings. The molecule has 1 rings (SSSR count). The molecule has 13 heavy (non-hydrogen) atoms. The van der Waals surface area contributed by atoms with Crippen LogP contribution in [0.1, 0.15) is 13.8 Å². The van der Waals surface area contributed by atoms with E-state index in [1.54, 1.807) is 10.9 Å². The first kappa shape index (κ1) is 10.5. The summed E-state index contributed by atoms with van der Waals surface area (Å²) in [6, 6.07) is 0. The van der Waals surface area contributed by atoms with Gasteiger partial charge in [-0.25, -0.2) is 0 Å². The number of hydrogen-bond acceptors (Lipinski definition) is 3. The van der Waals surface area contributed by atoms with Crippen LogP contribution >= 0.6 is 11.6 Å². The van der Waals surface area contributed by atoms with Crippen LogP contribution in [0.4, 0.5) is 0 Å². The second-order valence-corrected chi connectivity index (χ2v) is 3.60. The van der Waals surface area contributed by atoms with Crippen LogP contribution in [0.2, 0.25) is 5.28 Å². The van der Waals surface area contributed by atoms with Gasteiger partial charge in [0.05, 0.1) is 6.61 Å².